The molecule has 2 heterocycles. The molecule has 0 aliphatic carbocycles. The molecule has 0 bridgehead atoms. The van der Waals surface area contributed by atoms with Gasteiger partial charge in [-0.15, -0.1) is 0 Å². The van der Waals surface area contributed by atoms with Gasteiger partial charge < -0.3 is 9.88 Å². The number of anilines is 2. The minimum atomic E-state index is 0.831. The number of hydrogen-bond donors (Lipinski definition) is 1. The second kappa shape index (κ2) is 3.90. The second-order valence-corrected chi connectivity index (χ2v) is 3.84. The van der Waals surface area contributed by atoms with E-state index in [0.717, 1.165) is 22.7 Å². The summed E-state index contributed by atoms with van der Waals surface area (Å²) in [5, 5.41) is 3.27. The average Bonchev–Trinajstić information content (AvgIpc) is 2.68. The van der Waals surface area contributed by atoms with E-state index in [1.807, 2.05) is 41.9 Å². The lowest BCUT2D eigenvalue weighted by atomic mass is 10.3. The Hall–Kier alpha value is -2.36. The fourth-order valence-electron chi connectivity index (χ4n) is 1.82. The molecule has 3 aromatic rings. The third kappa shape index (κ3) is 1.73. The van der Waals surface area contributed by atoms with Crippen molar-refractivity contribution in [3.8, 4) is 0 Å². The van der Waals surface area contributed by atoms with Crippen LogP contribution in [0.4, 0.5) is 11.6 Å². The van der Waals surface area contributed by atoms with Gasteiger partial charge in [-0.05, 0) is 24.3 Å². The fourth-order valence-corrected chi connectivity index (χ4v) is 1.82. The molecule has 4 nitrogen and oxygen atoms in total. The maximum absolute atomic E-state index is 4.54. The van der Waals surface area contributed by atoms with Crippen LogP contribution < -0.4 is 5.32 Å². The molecule has 0 atom stereocenters. The predicted octanol–water partition coefficient (Wildman–Crippen LogP) is 2.71. The van der Waals surface area contributed by atoms with Crippen LogP contribution >= 0.6 is 0 Å². The van der Waals surface area contributed by atoms with Crippen molar-refractivity contribution < 1.29 is 0 Å². The number of aromatic nitrogens is 3. The molecule has 0 saturated carbocycles. The molecular weight excluding hydrogens is 212 g/mol. The van der Waals surface area contributed by atoms with Gasteiger partial charge in [-0.2, -0.15) is 0 Å². The molecule has 3 rings (SSSR count). The number of hydrogen-bond acceptors (Lipinski definition) is 3. The first-order valence-corrected chi connectivity index (χ1v) is 5.43. The molecule has 4 heteroatoms. The number of aryl methyl sites for hydroxylation is 1. The van der Waals surface area contributed by atoms with E-state index in [2.05, 4.69) is 21.4 Å². The van der Waals surface area contributed by atoms with Crippen LogP contribution in [0.15, 0.2) is 48.8 Å². The summed E-state index contributed by atoms with van der Waals surface area (Å²) < 4.78 is 2.04. The third-order valence-electron chi connectivity index (χ3n) is 2.72. The highest BCUT2D eigenvalue weighted by Crippen LogP contribution is 2.20. The summed E-state index contributed by atoms with van der Waals surface area (Å²) in [6.07, 6.45) is 3.51. The largest absolute Gasteiger partial charge is 0.325 e. The van der Waals surface area contributed by atoms with Crippen molar-refractivity contribution in [1.82, 2.24) is 14.5 Å². The average molecular weight is 224 g/mol. The molecule has 17 heavy (non-hydrogen) atoms. The van der Waals surface area contributed by atoms with Crippen molar-refractivity contribution in [3.05, 3.63) is 48.8 Å². The molecule has 84 valence electrons. The van der Waals surface area contributed by atoms with Crippen LogP contribution in [-0.2, 0) is 7.05 Å². The molecule has 0 amide bonds. The van der Waals surface area contributed by atoms with E-state index in [1.54, 1.807) is 12.4 Å². The number of nitrogens with one attached hydrogen (secondary N) is 1. The summed E-state index contributed by atoms with van der Waals surface area (Å²) in [4.78, 5) is 8.52. The van der Waals surface area contributed by atoms with E-state index in [9.17, 15) is 0 Å². The lowest BCUT2D eigenvalue weighted by molar-refractivity contribution is 0.958. The zero-order valence-corrected chi connectivity index (χ0v) is 9.46. The minimum absolute atomic E-state index is 0.831. The van der Waals surface area contributed by atoms with Gasteiger partial charge in [0, 0.05) is 25.1 Å². The highest BCUT2D eigenvalue weighted by atomic mass is 15.2. The fraction of sp³-hybridized carbons (Fsp3) is 0.0769. The maximum atomic E-state index is 4.54. The Kier molecular flexibility index (Phi) is 2.26. The number of para-hydroxylation sites is 2. The van der Waals surface area contributed by atoms with Crippen LogP contribution in [0.2, 0.25) is 0 Å². The van der Waals surface area contributed by atoms with Gasteiger partial charge >= 0.3 is 0 Å². The summed E-state index contributed by atoms with van der Waals surface area (Å²) in [5.41, 5.74) is 3.09. The van der Waals surface area contributed by atoms with Crippen LogP contribution in [0.5, 0.6) is 0 Å². The number of fused-ring (bicyclic) bond motifs is 1. The summed E-state index contributed by atoms with van der Waals surface area (Å²) in [6, 6.07) is 11.9. The lowest BCUT2D eigenvalue weighted by Gasteiger charge is -2.05. The SMILES string of the molecule is Cn1c(Nc2ccncc2)nc2ccccc21. The molecule has 0 aliphatic rings. The van der Waals surface area contributed by atoms with Gasteiger partial charge in [-0.25, -0.2) is 4.98 Å². The monoisotopic (exact) mass is 224 g/mol. The topological polar surface area (TPSA) is 42.7 Å². The lowest BCUT2D eigenvalue weighted by Crippen LogP contribution is -1.98. The van der Waals surface area contributed by atoms with Crippen LogP contribution in [0.1, 0.15) is 0 Å². The Morgan fingerprint density at radius 1 is 1.06 bits per heavy atom. The van der Waals surface area contributed by atoms with E-state index in [-0.39, 0.29) is 0 Å². The quantitative estimate of drug-likeness (QED) is 0.727. The van der Waals surface area contributed by atoms with Crippen molar-refractivity contribution in [2.45, 2.75) is 0 Å². The van der Waals surface area contributed by atoms with Gasteiger partial charge in [0.1, 0.15) is 0 Å². The van der Waals surface area contributed by atoms with Crippen molar-refractivity contribution in [3.63, 3.8) is 0 Å². The number of rotatable bonds is 2. The van der Waals surface area contributed by atoms with E-state index < -0.39 is 0 Å². The minimum Gasteiger partial charge on any atom is -0.325 e. The summed E-state index contributed by atoms with van der Waals surface area (Å²) >= 11 is 0. The molecule has 0 fully saturated rings. The summed E-state index contributed by atoms with van der Waals surface area (Å²) in [7, 11) is 2.00. The van der Waals surface area contributed by atoms with Gasteiger partial charge in [-0.1, -0.05) is 12.1 Å². The van der Waals surface area contributed by atoms with E-state index >= 15 is 0 Å². The standard InChI is InChI=1S/C13H12N4/c1-17-12-5-3-2-4-11(12)16-13(17)15-10-6-8-14-9-7-10/h2-9H,1H3,(H,14,15,16). The predicted molar refractivity (Wildman–Crippen MR) is 68.2 cm³/mol. The van der Waals surface area contributed by atoms with Crippen molar-refractivity contribution >= 4 is 22.7 Å². The Bertz CT molecular complexity index is 643. The van der Waals surface area contributed by atoms with E-state index in [0.29, 0.717) is 0 Å². The Morgan fingerprint density at radius 3 is 2.59 bits per heavy atom. The Labute approximate surface area is 98.9 Å². The molecule has 0 saturated heterocycles. The van der Waals surface area contributed by atoms with Crippen LogP contribution in [0, 0.1) is 0 Å². The van der Waals surface area contributed by atoms with Gasteiger partial charge in [-0.3, -0.25) is 4.98 Å². The highest BCUT2D eigenvalue weighted by Gasteiger charge is 2.06. The molecule has 1 N–H and O–H groups in total. The van der Waals surface area contributed by atoms with Crippen LogP contribution in [0.25, 0.3) is 11.0 Å². The van der Waals surface area contributed by atoms with Crippen LogP contribution in [0.3, 0.4) is 0 Å². The third-order valence-corrected chi connectivity index (χ3v) is 2.72. The van der Waals surface area contributed by atoms with Crippen molar-refractivity contribution in [2.75, 3.05) is 5.32 Å². The first-order chi connectivity index (χ1) is 8.34. The first-order valence-electron chi connectivity index (χ1n) is 5.43. The van der Waals surface area contributed by atoms with Gasteiger partial charge in [0.05, 0.1) is 11.0 Å². The highest BCUT2D eigenvalue weighted by molar-refractivity contribution is 5.79. The van der Waals surface area contributed by atoms with Gasteiger partial charge in [0.15, 0.2) is 0 Å². The Balaban J connectivity index is 2.04. The van der Waals surface area contributed by atoms with Crippen molar-refractivity contribution in [2.24, 2.45) is 7.05 Å². The summed E-state index contributed by atoms with van der Waals surface area (Å²) in [6.45, 7) is 0. The van der Waals surface area contributed by atoms with Crippen LogP contribution in [-0.4, -0.2) is 14.5 Å². The maximum Gasteiger partial charge on any atom is 0.208 e. The molecule has 1 aromatic carbocycles. The molecule has 0 radical (unpaired) electrons. The number of imidazole rings is 1. The zero-order chi connectivity index (χ0) is 11.7. The van der Waals surface area contributed by atoms with E-state index in [4.69, 9.17) is 0 Å². The zero-order valence-electron chi connectivity index (χ0n) is 9.46. The van der Waals surface area contributed by atoms with Crippen molar-refractivity contribution in [1.29, 1.82) is 0 Å². The molecule has 2 aromatic heterocycles. The normalized spacial score (nSPS) is 10.6. The van der Waals surface area contributed by atoms with Gasteiger partial charge in [0.25, 0.3) is 0 Å². The Morgan fingerprint density at radius 2 is 1.82 bits per heavy atom. The van der Waals surface area contributed by atoms with Gasteiger partial charge in [0.2, 0.25) is 5.95 Å². The van der Waals surface area contributed by atoms with E-state index in [1.165, 1.54) is 0 Å². The first kappa shape index (κ1) is 9.84. The smallest absolute Gasteiger partial charge is 0.208 e. The summed E-state index contributed by atoms with van der Waals surface area (Å²) in [5.74, 6) is 0.831. The number of benzene rings is 1. The molecule has 0 aliphatic heterocycles. The number of nitrogens with zero attached hydrogens (tertiary/aromatic N) is 3. The second-order valence-electron chi connectivity index (χ2n) is 3.84. The molecule has 0 spiro atoms. The number of pyridine rings is 1. The molecule has 0 unspecified atom stereocenters. The molecular formula is C13H12N4.